The fourth-order valence-electron chi connectivity index (χ4n) is 5.69. The Bertz CT molecular complexity index is 1220. The summed E-state index contributed by atoms with van der Waals surface area (Å²) in [5.41, 5.74) is -0.633. The molecule has 11 heteroatoms. The highest BCUT2D eigenvalue weighted by molar-refractivity contribution is 7.89. The van der Waals surface area contributed by atoms with Gasteiger partial charge >= 0.3 is 0 Å². The van der Waals surface area contributed by atoms with Gasteiger partial charge in [-0.05, 0) is 64.4 Å². The van der Waals surface area contributed by atoms with Crippen molar-refractivity contribution in [2.75, 3.05) is 30.8 Å². The van der Waals surface area contributed by atoms with E-state index in [-0.39, 0.29) is 29.5 Å². The summed E-state index contributed by atoms with van der Waals surface area (Å²) in [5, 5.41) is 14.9. The molecule has 0 spiro atoms. The lowest BCUT2D eigenvalue weighted by molar-refractivity contribution is 0.0267. The summed E-state index contributed by atoms with van der Waals surface area (Å²) in [4.78, 5) is 21.9. The Labute approximate surface area is 205 Å². The molecule has 3 aliphatic rings. The number of aliphatic hydroxyl groups is 1. The van der Waals surface area contributed by atoms with Gasteiger partial charge in [0.1, 0.15) is 5.65 Å². The van der Waals surface area contributed by atoms with E-state index in [1.165, 1.54) is 6.07 Å². The fraction of sp³-hybridized carbons (Fsp3) is 0.708. The summed E-state index contributed by atoms with van der Waals surface area (Å²) in [7, 11) is -3.29. The number of hydrogen-bond acceptors (Lipinski definition) is 8. The van der Waals surface area contributed by atoms with Gasteiger partial charge in [-0.15, -0.1) is 0 Å². The van der Waals surface area contributed by atoms with Gasteiger partial charge in [-0.3, -0.25) is 9.36 Å². The van der Waals surface area contributed by atoms with Gasteiger partial charge in [0.05, 0.1) is 23.5 Å². The minimum absolute atomic E-state index is 0.0375. The molecule has 2 aromatic heterocycles. The first-order valence-corrected chi connectivity index (χ1v) is 14.3. The molecular formula is C24H35N5O5S. The van der Waals surface area contributed by atoms with E-state index in [1.54, 1.807) is 28.1 Å². The Hall–Kier alpha value is -2.08. The molecule has 2 saturated heterocycles. The monoisotopic (exact) mass is 505 g/mol. The zero-order valence-electron chi connectivity index (χ0n) is 20.2. The molecule has 10 nitrogen and oxygen atoms in total. The maximum absolute atomic E-state index is 12.8. The number of ether oxygens (including phenoxy) is 1. The van der Waals surface area contributed by atoms with Crippen LogP contribution >= 0.6 is 0 Å². The third-order valence-corrected chi connectivity index (χ3v) is 9.66. The van der Waals surface area contributed by atoms with Crippen molar-refractivity contribution in [1.29, 1.82) is 0 Å². The highest BCUT2D eigenvalue weighted by Gasteiger charge is 2.39. The van der Waals surface area contributed by atoms with Crippen LogP contribution in [0.2, 0.25) is 0 Å². The van der Waals surface area contributed by atoms with E-state index in [0.717, 1.165) is 37.7 Å². The molecule has 35 heavy (non-hydrogen) atoms. The normalized spacial score (nSPS) is 28.6. The van der Waals surface area contributed by atoms with Crippen LogP contribution < -0.4 is 10.9 Å². The summed E-state index contributed by atoms with van der Waals surface area (Å²) in [6.07, 6.45) is 7.79. The topological polar surface area (TPSA) is 127 Å². The molecule has 3 fully saturated rings. The quantitative estimate of drug-likeness (QED) is 0.585. The van der Waals surface area contributed by atoms with Crippen molar-refractivity contribution in [2.24, 2.45) is 0 Å². The van der Waals surface area contributed by atoms with Gasteiger partial charge in [0.15, 0.2) is 0 Å². The molecule has 2 aromatic rings. The molecule has 192 valence electrons. The summed E-state index contributed by atoms with van der Waals surface area (Å²) in [6, 6.07) is 2.92. The molecule has 2 aliphatic heterocycles. The average Bonchev–Trinajstić information content (AvgIpc) is 3.47. The van der Waals surface area contributed by atoms with Crippen molar-refractivity contribution in [3.8, 4) is 0 Å². The van der Waals surface area contributed by atoms with Crippen LogP contribution in [-0.2, 0) is 14.8 Å². The second-order valence-electron chi connectivity index (χ2n) is 10.3. The van der Waals surface area contributed by atoms with Gasteiger partial charge in [-0.2, -0.15) is 4.98 Å². The Morgan fingerprint density at radius 2 is 2.00 bits per heavy atom. The molecule has 0 bridgehead atoms. The van der Waals surface area contributed by atoms with Gasteiger partial charge in [-0.1, -0.05) is 0 Å². The van der Waals surface area contributed by atoms with E-state index in [1.807, 2.05) is 0 Å². The van der Waals surface area contributed by atoms with Crippen LogP contribution in [0.3, 0.4) is 0 Å². The Kier molecular flexibility index (Phi) is 6.86. The third-order valence-electron chi connectivity index (χ3n) is 7.76. The van der Waals surface area contributed by atoms with Crippen molar-refractivity contribution in [3.05, 3.63) is 28.7 Å². The number of nitrogens with one attached hydrogen (secondary N) is 1. The minimum Gasteiger partial charge on any atom is -0.388 e. The maximum atomic E-state index is 12.8. The van der Waals surface area contributed by atoms with Crippen molar-refractivity contribution in [1.82, 2.24) is 18.8 Å². The number of nitrogens with zero attached hydrogens (tertiary/aromatic N) is 4. The van der Waals surface area contributed by atoms with Crippen LogP contribution in [0.25, 0.3) is 11.0 Å². The summed E-state index contributed by atoms with van der Waals surface area (Å²) in [5.74, 6) is 0.542. The molecule has 1 aliphatic carbocycles. The SMILES string of the molecule is C[C@@]1(O)CCC[C@H]1n1c(=O)ccc2cnc(NC3CCN(S(=O)(=O)CC[C@H]4CCCO4)CC3)nc21. The molecule has 0 aromatic carbocycles. The molecule has 5 rings (SSSR count). The fourth-order valence-corrected chi connectivity index (χ4v) is 7.28. The second-order valence-corrected chi connectivity index (χ2v) is 12.4. The molecule has 1 saturated carbocycles. The number of aromatic nitrogens is 3. The van der Waals surface area contributed by atoms with E-state index in [9.17, 15) is 18.3 Å². The minimum atomic E-state index is -3.29. The largest absolute Gasteiger partial charge is 0.388 e. The first-order chi connectivity index (χ1) is 16.7. The Balaban J connectivity index is 1.26. The van der Waals surface area contributed by atoms with Crippen LogP contribution in [-0.4, -0.2) is 75.6 Å². The Morgan fingerprint density at radius 3 is 2.69 bits per heavy atom. The summed E-state index contributed by atoms with van der Waals surface area (Å²) >= 11 is 0. The number of pyridine rings is 1. The molecule has 0 amide bonds. The highest BCUT2D eigenvalue weighted by atomic mass is 32.2. The molecule has 4 heterocycles. The van der Waals surface area contributed by atoms with E-state index in [4.69, 9.17) is 4.74 Å². The van der Waals surface area contributed by atoms with Gasteiger partial charge in [0.25, 0.3) is 5.56 Å². The molecule has 3 atom stereocenters. The zero-order valence-corrected chi connectivity index (χ0v) is 21.0. The van der Waals surface area contributed by atoms with Crippen LogP contribution in [0.15, 0.2) is 23.1 Å². The highest BCUT2D eigenvalue weighted by Crippen LogP contribution is 2.39. The molecule has 0 radical (unpaired) electrons. The lowest BCUT2D eigenvalue weighted by Gasteiger charge is -2.32. The molecule has 0 unspecified atom stereocenters. The standard InChI is InChI=1S/C24H35N5O5S/c1-24(31)11-2-5-20(24)29-21(30)7-6-17-16-25-23(27-22(17)29)26-18-8-12-28(13-9-18)35(32,33)15-10-19-4-3-14-34-19/h6-7,16,18-20,31H,2-5,8-15H2,1H3,(H,25,26,27)/t19-,20-,24-/m1/s1. The lowest BCUT2D eigenvalue weighted by atomic mass is 10.00. The third kappa shape index (κ3) is 5.23. The van der Waals surface area contributed by atoms with Gasteiger partial charge in [-0.25, -0.2) is 17.7 Å². The number of anilines is 1. The van der Waals surface area contributed by atoms with Crippen LogP contribution in [0.1, 0.15) is 64.3 Å². The van der Waals surface area contributed by atoms with Crippen molar-refractivity contribution in [2.45, 2.75) is 82.1 Å². The number of rotatable bonds is 7. The number of fused-ring (bicyclic) bond motifs is 1. The summed E-state index contributed by atoms with van der Waals surface area (Å²) in [6.45, 7) is 3.41. The van der Waals surface area contributed by atoms with Crippen LogP contribution in [0.5, 0.6) is 0 Å². The number of sulfonamides is 1. The lowest BCUT2D eigenvalue weighted by Crippen LogP contribution is -2.43. The van der Waals surface area contributed by atoms with Crippen LogP contribution in [0.4, 0.5) is 5.95 Å². The van der Waals surface area contributed by atoms with E-state index >= 15 is 0 Å². The van der Waals surface area contributed by atoms with Gasteiger partial charge in [0, 0.05) is 43.4 Å². The predicted octanol–water partition coefficient (Wildman–Crippen LogP) is 2.04. The van der Waals surface area contributed by atoms with Crippen molar-refractivity contribution < 1.29 is 18.3 Å². The number of hydrogen-bond donors (Lipinski definition) is 2. The van der Waals surface area contributed by atoms with Gasteiger partial charge < -0.3 is 15.2 Å². The van der Waals surface area contributed by atoms with Gasteiger partial charge in [0.2, 0.25) is 16.0 Å². The molecular weight excluding hydrogens is 470 g/mol. The second kappa shape index (κ2) is 9.76. The molecule has 2 N–H and O–H groups in total. The van der Waals surface area contributed by atoms with E-state index < -0.39 is 15.6 Å². The van der Waals surface area contributed by atoms with E-state index in [2.05, 4.69) is 15.3 Å². The first-order valence-electron chi connectivity index (χ1n) is 12.7. The Morgan fingerprint density at radius 1 is 1.20 bits per heavy atom. The zero-order chi connectivity index (χ0) is 24.6. The average molecular weight is 506 g/mol. The smallest absolute Gasteiger partial charge is 0.252 e. The van der Waals surface area contributed by atoms with E-state index in [0.29, 0.717) is 50.4 Å². The van der Waals surface area contributed by atoms with Crippen LogP contribution in [0, 0.1) is 0 Å². The predicted molar refractivity (Wildman–Crippen MR) is 133 cm³/mol. The summed E-state index contributed by atoms with van der Waals surface area (Å²) < 4.78 is 34.3. The van der Waals surface area contributed by atoms with Crippen molar-refractivity contribution >= 4 is 27.0 Å². The first kappa shape index (κ1) is 24.6. The maximum Gasteiger partial charge on any atom is 0.252 e. The van der Waals surface area contributed by atoms with Crippen molar-refractivity contribution in [3.63, 3.8) is 0 Å². The number of piperidine rings is 1.